The van der Waals surface area contributed by atoms with Crippen LogP contribution in [0.15, 0.2) is 30.5 Å². The zero-order chi connectivity index (χ0) is 23.3. The van der Waals surface area contributed by atoms with Crippen LogP contribution in [0.2, 0.25) is 5.15 Å². The molecule has 9 heteroatoms. The van der Waals surface area contributed by atoms with Gasteiger partial charge in [-0.3, -0.25) is 14.4 Å². The predicted octanol–water partition coefficient (Wildman–Crippen LogP) is 4.50. The van der Waals surface area contributed by atoms with E-state index in [1.165, 1.54) is 0 Å². The van der Waals surface area contributed by atoms with Crippen LogP contribution < -0.4 is 0 Å². The molecule has 1 saturated heterocycles. The van der Waals surface area contributed by atoms with Crippen molar-refractivity contribution in [1.29, 1.82) is 0 Å². The van der Waals surface area contributed by atoms with Gasteiger partial charge in [0.1, 0.15) is 22.9 Å². The third-order valence-corrected chi connectivity index (χ3v) is 6.69. The number of aryl methyl sites for hydroxylation is 1. The number of aromatic nitrogens is 3. The number of ether oxygens (including phenoxy) is 1. The number of halogens is 1. The second-order valence-corrected chi connectivity index (χ2v) is 8.96. The Labute approximate surface area is 196 Å². The van der Waals surface area contributed by atoms with Gasteiger partial charge in [0.2, 0.25) is 0 Å². The highest BCUT2D eigenvalue weighted by molar-refractivity contribution is 6.34. The second kappa shape index (κ2) is 8.52. The molecule has 5 rings (SSSR count). The molecular weight excluding hydrogens is 444 g/mol. The fraction of sp³-hybridized carbons (Fsp3) is 0.417. The molecule has 3 atom stereocenters. The second-order valence-electron chi connectivity index (χ2n) is 8.61. The summed E-state index contributed by atoms with van der Waals surface area (Å²) in [5.74, 6) is 0.123. The number of benzene rings is 1. The maximum absolute atomic E-state index is 12.5. The number of rotatable bonds is 6. The van der Waals surface area contributed by atoms with Crippen molar-refractivity contribution in [2.45, 2.75) is 52.4 Å². The van der Waals surface area contributed by atoms with Crippen LogP contribution in [0.5, 0.6) is 0 Å². The number of nitrogens with zero attached hydrogens (tertiary/aromatic N) is 4. The summed E-state index contributed by atoms with van der Waals surface area (Å²) in [6.07, 6.45) is 4.30. The summed E-state index contributed by atoms with van der Waals surface area (Å²) in [6.45, 7) is 6.25. The number of amides is 2. The van der Waals surface area contributed by atoms with Crippen molar-refractivity contribution >= 4 is 34.4 Å². The summed E-state index contributed by atoms with van der Waals surface area (Å²) in [5, 5.41) is 1.94. The van der Waals surface area contributed by atoms with E-state index in [1.807, 2.05) is 10.8 Å². The topological polar surface area (TPSA) is 86.5 Å². The van der Waals surface area contributed by atoms with E-state index in [4.69, 9.17) is 21.2 Å². The highest BCUT2D eigenvalue weighted by atomic mass is 35.5. The summed E-state index contributed by atoms with van der Waals surface area (Å²) >= 11 is 6.52. The standard InChI is InChI=1S/C24H25ClN4O4/c1-4-18-13(2)11-19(33-18)28-12-15(20-21(25)26-14(3)27-22(20)28)9-10-32-29-23(30)16-7-5-6-8-17(16)24(29)31/h5-8,12-13,18-19H,4,9-11H2,1-3H3. The number of hydrogen-bond acceptors (Lipinski definition) is 6. The normalized spacial score (nSPS) is 22.5. The predicted molar refractivity (Wildman–Crippen MR) is 122 cm³/mol. The van der Waals surface area contributed by atoms with E-state index < -0.39 is 11.8 Å². The van der Waals surface area contributed by atoms with Crippen LogP contribution in [-0.2, 0) is 16.0 Å². The molecule has 33 heavy (non-hydrogen) atoms. The molecule has 4 heterocycles. The minimum atomic E-state index is -0.450. The van der Waals surface area contributed by atoms with Crippen LogP contribution in [0.1, 0.15) is 65.0 Å². The first-order valence-electron chi connectivity index (χ1n) is 11.2. The maximum atomic E-state index is 12.5. The first kappa shape index (κ1) is 22.0. The molecular formula is C24H25ClN4O4. The summed E-state index contributed by atoms with van der Waals surface area (Å²) in [6, 6.07) is 6.69. The highest BCUT2D eigenvalue weighted by Crippen LogP contribution is 2.38. The minimum Gasteiger partial charge on any atom is -0.354 e. The molecule has 1 fully saturated rings. The van der Waals surface area contributed by atoms with Gasteiger partial charge in [-0.05, 0) is 43.4 Å². The molecule has 0 spiro atoms. The summed E-state index contributed by atoms with van der Waals surface area (Å²) in [5.41, 5.74) is 2.30. The van der Waals surface area contributed by atoms with E-state index in [1.54, 1.807) is 31.2 Å². The average Bonchev–Trinajstić information content (AvgIpc) is 3.42. The van der Waals surface area contributed by atoms with Crippen molar-refractivity contribution in [3.63, 3.8) is 0 Å². The van der Waals surface area contributed by atoms with Gasteiger partial charge in [0, 0.05) is 12.6 Å². The van der Waals surface area contributed by atoms with Gasteiger partial charge in [-0.2, -0.15) is 0 Å². The minimum absolute atomic E-state index is 0.119. The van der Waals surface area contributed by atoms with Gasteiger partial charge in [0.25, 0.3) is 11.8 Å². The van der Waals surface area contributed by atoms with Gasteiger partial charge in [0.05, 0.1) is 29.2 Å². The van der Waals surface area contributed by atoms with Gasteiger partial charge in [-0.15, -0.1) is 5.06 Å². The lowest BCUT2D eigenvalue weighted by Gasteiger charge is -2.15. The molecule has 2 amide bonds. The van der Waals surface area contributed by atoms with Crippen molar-refractivity contribution in [1.82, 2.24) is 19.6 Å². The monoisotopic (exact) mass is 468 g/mol. The zero-order valence-corrected chi connectivity index (χ0v) is 19.5. The van der Waals surface area contributed by atoms with Gasteiger partial charge >= 0.3 is 0 Å². The van der Waals surface area contributed by atoms with Crippen molar-refractivity contribution in [3.05, 3.63) is 58.1 Å². The van der Waals surface area contributed by atoms with Gasteiger partial charge < -0.3 is 9.30 Å². The number of imide groups is 1. The molecule has 8 nitrogen and oxygen atoms in total. The number of fused-ring (bicyclic) bond motifs is 2. The Morgan fingerprint density at radius 2 is 1.88 bits per heavy atom. The molecule has 0 bridgehead atoms. The quantitative estimate of drug-likeness (QED) is 0.391. The molecule has 2 aliphatic heterocycles. The van der Waals surface area contributed by atoms with E-state index in [2.05, 4.69) is 23.8 Å². The maximum Gasteiger partial charge on any atom is 0.285 e. The van der Waals surface area contributed by atoms with E-state index >= 15 is 0 Å². The van der Waals surface area contributed by atoms with E-state index in [-0.39, 0.29) is 18.9 Å². The van der Waals surface area contributed by atoms with Crippen LogP contribution in [-0.4, -0.2) is 44.1 Å². The fourth-order valence-electron chi connectivity index (χ4n) is 4.76. The Hall–Kier alpha value is -2.81. The Morgan fingerprint density at radius 1 is 1.18 bits per heavy atom. The molecule has 172 valence electrons. The molecule has 0 radical (unpaired) electrons. The number of hydrogen-bond donors (Lipinski definition) is 0. The number of carbonyl (C=O) groups is 2. The van der Waals surface area contributed by atoms with Gasteiger partial charge in [-0.25, -0.2) is 9.97 Å². The summed E-state index contributed by atoms with van der Waals surface area (Å²) < 4.78 is 8.32. The van der Waals surface area contributed by atoms with Crippen LogP contribution >= 0.6 is 11.6 Å². The first-order valence-corrected chi connectivity index (χ1v) is 11.6. The molecule has 0 aliphatic carbocycles. The van der Waals surface area contributed by atoms with Crippen molar-refractivity contribution in [2.24, 2.45) is 5.92 Å². The van der Waals surface area contributed by atoms with Gasteiger partial charge in [0.15, 0.2) is 0 Å². The van der Waals surface area contributed by atoms with Crippen LogP contribution in [0, 0.1) is 12.8 Å². The third-order valence-electron chi connectivity index (χ3n) is 6.42. The molecule has 0 saturated carbocycles. The lowest BCUT2D eigenvalue weighted by molar-refractivity contribution is -0.0901. The number of carbonyl (C=O) groups excluding carboxylic acids is 2. The van der Waals surface area contributed by atoms with Crippen molar-refractivity contribution in [3.8, 4) is 0 Å². The summed E-state index contributed by atoms with van der Waals surface area (Å²) in [4.78, 5) is 39.7. The van der Waals surface area contributed by atoms with E-state index in [0.29, 0.717) is 34.4 Å². The Balaban J connectivity index is 1.39. The van der Waals surface area contributed by atoms with Gasteiger partial charge in [-0.1, -0.05) is 37.6 Å². The fourth-order valence-corrected chi connectivity index (χ4v) is 5.09. The molecule has 2 aromatic heterocycles. The lowest BCUT2D eigenvalue weighted by atomic mass is 10.0. The van der Waals surface area contributed by atoms with Crippen LogP contribution in [0.3, 0.4) is 0 Å². The molecule has 0 N–H and O–H groups in total. The lowest BCUT2D eigenvalue weighted by Crippen LogP contribution is -2.30. The largest absolute Gasteiger partial charge is 0.354 e. The summed E-state index contributed by atoms with van der Waals surface area (Å²) in [7, 11) is 0. The SMILES string of the molecule is CCC1OC(n2cc(CCON3C(=O)c4ccccc4C3=O)c3c(Cl)nc(C)nc32)CC1C. The average molecular weight is 469 g/mol. The Kier molecular flexibility index (Phi) is 5.68. The van der Waals surface area contributed by atoms with Crippen molar-refractivity contribution in [2.75, 3.05) is 6.61 Å². The number of hydroxylamine groups is 2. The molecule has 3 aromatic rings. The van der Waals surface area contributed by atoms with Crippen molar-refractivity contribution < 1.29 is 19.2 Å². The Bertz CT molecular complexity index is 1220. The highest BCUT2D eigenvalue weighted by Gasteiger charge is 2.37. The smallest absolute Gasteiger partial charge is 0.285 e. The Morgan fingerprint density at radius 3 is 2.52 bits per heavy atom. The molecule has 3 unspecified atom stereocenters. The molecule has 2 aliphatic rings. The first-order chi connectivity index (χ1) is 15.9. The van der Waals surface area contributed by atoms with Crippen LogP contribution in [0.25, 0.3) is 11.0 Å². The van der Waals surface area contributed by atoms with E-state index in [0.717, 1.165) is 34.5 Å². The van der Waals surface area contributed by atoms with Crippen LogP contribution in [0.4, 0.5) is 0 Å². The zero-order valence-electron chi connectivity index (χ0n) is 18.7. The third kappa shape index (κ3) is 3.72. The van der Waals surface area contributed by atoms with E-state index in [9.17, 15) is 9.59 Å². The molecule has 1 aromatic carbocycles.